The first-order chi connectivity index (χ1) is 17.5. The predicted molar refractivity (Wildman–Crippen MR) is 139 cm³/mol. The highest BCUT2D eigenvalue weighted by molar-refractivity contribution is 6.30. The Hall–Kier alpha value is -3.15. The SMILES string of the molecule is O=C(CC1(c2ccc(Cl)cc2)CCC(OCc2ccccc2)CC1)N1C(=O)OCC1c1ccccc1. The quantitative estimate of drug-likeness (QED) is 0.354. The molecule has 186 valence electrons. The number of imide groups is 1. The number of hydrogen-bond donors (Lipinski definition) is 0. The largest absolute Gasteiger partial charge is 0.446 e. The van der Waals surface area contributed by atoms with E-state index in [4.69, 9.17) is 21.1 Å². The summed E-state index contributed by atoms with van der Waals surface area (Å²) in [4.78, 5) is 27.7. The van der Waals surface area contributed by atoms with Gasteiger partial charge in [-0.25, -0.2) is 9.69 Å². The molecule has 1 saturated carbocycles. The van der Waals surface area contributed by atoms with Crippen molar-refractivity contribution in [1.82, 2.24) is 4.90 Å². The van der Waals surface area contributed by atoms with Gasteiger partial charge in [0.05, 0.1) is 12.7 Å². The molecule has 6 heteroatoms. The Morgan fingerprint density at radius 1 is 0.944 bits per heavy atom. The van der Waals surface area contributed by atoms with E-state index in [9.17, 15) is 9.59 Å². The predicted octanol–water partition coefficient (Wildman–Crippen LogP) is 6.85. The summed E-state index contributed by atoms with van der Waals surface area (Å²) in [6.45, 7) is 0.759. The second-order valence-electron chi connectivity index (χ2n) is 9.73. The average molecular weight is 504 g/mol. The van der Waals surface area contributed by atoms with Crippen molar-refractivity contribution in [2.45, 2.75) is 56.3 Å². The molecule has 2 amide bonds. The van der Waals surface area contributed by atoms with E-state index < -0.39 is 17.6 Å². The highest BCUT2D eigenvalue weighted by atomic mass is 35.5. The van der Waals surface area contributed by atoms with Crippen LogP contribution in [0.15, 0.2) is 84.9 Å². The Morgan fingerprint density at radius 2 is 1.58 bits per heavy atom. The molecule has 3 aromatic carbocycles. The van der Waals surface area contributed by atoms with Crippen molar-refractivity contribution in [2.24, 2.45) is 0 Å². The Bertz CT molecular complexity index is 1170. The Morgan fingerprint density at radius 3 is 2.25 bits per heavy atom. The van der Waals surface area contributed by atoms with Crippen LogP contribution in [0.2, 0.25) is 5.02 Å². The van der Waals surface area contributed by atoms with Crippen molar-refractivity contribution in [1.29, 1.82) is 0 Å². The number of nitrogens with zero attached hydrogens (tertiary/aromatic N) is 1. The Labute approximate surface area is 217 Å². The lowest BCUT2D eigenvalue weighted by molar-refractivity contribution is -0.131. The van der Waals surface area contributed by atoms with Crippen LogP contribution in [0.4, 0.5) is 4.79 Å². The third-order valence-electron chi connectivity index (χ3n) is 7.49. The van der Waals surface area contributed by atoms with Crippen molar-refractivity contribution in [3.63, 3.8) is 0 Å². The molecule has 1 heterocycles. The van der Waals surface area contributed by atoms with Gasteiger partial charge in [-0.1, -0.05) is 84.4 Å². The molecule has 1 atom stereocenters. The molecule has 2 fully saturated rings. The molecule has 0 aromatic heterocycles. The first-order valence-electron chi connectivity index (χ1n) is 12.5. The maximum absolute atomic E-state index is 13.7. The molecule has 5 nitrogen and oxygen atoms in total. The summed E-state index contributed by atoms with van der Waals surface area (Å²) in [5, 5.41) is 0.660. The van der Waals surface area contributed by atoms with Gasteiger partial charge in [0, 0.05) is 16.9 Å². The van der Waals surface area contributed by atoms with Gasteiger partial charge in [-0.05, 0) is 54.5 Å². The maximum atomic E-state index is 13.7. The molecule has 0 bridgehead atoms. The molecule has 5 rings (SSSR count). The van der Waals surface area contributed by atoms with Crippen LogP contribution in [0.3, 0.4) is 0 Å². The smallest absolute Gasteiger partial charge is 0.417 e. The van der Waals surface area contributed by atoms with E-state index in [1.165, 1.54) is 4.90 Å². The molecule has 1 saturated heterocycles. The van der Waals surface area contributed by atoms with Crippen molar-refractivity contribution >= 4 is 23.6 Å². The summed E-state index contributed by atoms with van der Waals surface area (Å²) in [6.07, 6.45) is 3.06. The van der Waals surface area contributed by atoms with E-state index >= 15 is 0 Å². The minimum absolute atomic E-state index is 0.134. The molecule has 1 aliphatic heterocycles. The van der Waals surface area contributed by atoms with Crippen LogP contribution >= 0.6 is 11.6 Å². The lowest BCUT2D eigenvalue weighted by Crippen LogP contribution is -2.42. The number of cyclic esters (lactones) is 1. The van der Waals surface area contributed by atoms with Gasteiger partial charge in [-0.3, -0.25) is 4.79 Å². The molecule has 2 aliphatic rings. The van der Waals surface area contributed by atoms with Gasteiger partial charge in [0.25, 0.3) is 0 Å². The van der Waals surface area contributed by atoms with Crippen LogP contribution < -0.4 is 0 Å². The summed E-state index contributed by atoms with van der Waals surface area (Å²) < 4.78 is 11.5. The number of benzene rings is 3. The molecule has 0 radical (unpaired) electrons. The van der Waals surface area contributed by atoms with Gasteiger partial charge in [-0.2, -0.15) is 0 Å². The third-order valence-corrected chi connectivity index (χ3v) is 7.74. The molecular weight excluding hydrogens is 474 g/mol. The number of carbonyl (C=O) groups excluding carboxylic acids is 2. The van der Waals surface area contributed by atoms with E-state index in [-0.39, 0.29) is 25.0 Å². The summed E-state index contributed by atoms with van der Waals surface area (Å²) in [7, 11) is 0. The number of ether oxygens (including phenoxy) is 2. The first kappa shape index (κ1) is 24.5. The molecule has 1 aliphatic carbocycles. The lowest BCUT2D eigenvalue weighted by Gasteiger charge is -2.41. The van der Waals surface area contributed by atoms with Crippen molar-refractivity contribution in [3.8, 4) is 0 Å². The summed E-state index contributed by atoms with van der Waals surface area (Å²) in [5.74, 6) is -0.204. The van der Waals surface area contributed by atoms with Crippen molar-refractivity contribution < 1.29 is 19.1 Å². The van der Waals surface area contributed by atoms with E-state index in [2.05, 4.69) is 12.1 Å². The summed E-state index contributed by atoms with van der Waals surface area (Å²) in [5.41, 5.74) is 2.74. The van der Waals surface area contributed by atoms with Crippen LogP contribution in [-0.2, 0) is 26.3 Å². The molecule has 0 N–H and O–H groups in total. The number of carbonyl (C=O) groups is 2. The van der Waals surface area contributed by atoms with Gasteiger partial charge in [0.2, 0.25) is 5.91 Å². The highest BCUT2D eigenvalue weighted by Gasteiger charge is 2.45. The van der Waals surface area contributed by atoms with E-state index in [1.807, 2.05) is 72.8 Å². The zero-order chi connectivity index (χ0) is 25.0. The van der Waals surface area contributed by atoms with Gasteiger partial charge >= 0.3 is 6.09 Å². The minimum Gasteiger partial charge on any atom is -0.446 e. The van der Waals surface area contributed by atoms with Crippen molar-refractivity contribution in [3.05, 3.63) is 107 Å². The van der Waals surface area contributed by atoms with Gasteiger partial charge < -0.3 is 9.47 Å². The molecule has 0 spiro atoms. The van der Waals surface area contributed by atoms with Gasteiger partial charge in [0.1, 0.15) is 12.6 Å². The lowest BCUT2D eigenvalue weighted by atomic mass is 9.66. The fourth-order valence-electron chi connectivity index (χ4n) is 5.46. The number of hydrogen-bond acceptors (Lipinski definition) is 4. The van der Waals surface area contributed by atoms with E-state index in [1.54, 1.807) is 0 Å². The van der Waals surface area contributed by atoms with Crippen molar-refractivity contribution in [2.75, 3.05) is 6.61 Å². The Balaban J connectivity index is 1.33. The second-order valence-corrected chi connectivity index (χ2v) is 10.2. The molecule has 3 aromatic rings. The standard InChI is InChI=1S/C30H30ClNO4/c31-25-13-11-24(12-14-25)30(17-15-26(16-18-30)35-20-22-7-3-1-4-8-22)19-28(33)32-27(21-36-29(32)34)23-9-5-2-6-10-23/h1-14,26-27H,15-21H2. The van der Waals surface area contributed by atoms with Gasteiger partial charge in [0.15, 0.2) is 0 Å². The zero-order valence-electron chi connectivity index (χ0n) is 20.1. The van der Waals surface area contributed by atoms with Crippen LogP contribution in [-0.4, -0.2) is 29.6 Å². The minimum atomic E-state index is -0.569. The van der Waals surface area contributed by atoms with E-state index in [0.717, 1.165) is 42.4 Å². The number of rotatable bonds is 7. The summed E-state index contributed by atoms with van der Waals surface area (Å²) >= 11 is 6.18. The number of amides is 2. The summed E-state index contributed by atoms with van der Waals surface area (Å²) in [6, 6.07) is 27.1. The van der Waals surface area contributed by atoms with Crippen LogP contribution in [0, 0.1) is 0 Å². The highest BCUT2D eigenvalue weighted by Crippen LogP contribution is 2.45. The van der Waals surface area contributed by atoms with Crippen LogP contribution in [0.1, 0.15) is 54.8 Å². The molecular formula is C30H30ClNO4. The third kappa shape index (κ3) is 5.32. The maximum Gasteiger partial charge on any atom is 0.417 e. The zero-order valence-corrected chi connectivity index (χ0v) is 20.9. The topological polar surface area (TPSA) is 55.8 Å². The normalized spacial score (nSPS) is 23.9. The Kier molecular flexibility index (Phi) is 7.40. The fourth-order valence-corrected chi connectivity index (χ4v) is 5.59. The van der Waals surface area contributed by atoms with E-state index in [0.29, 0.717) is 11.6 Å². The van der Waals surface area contributed by atoms with Crippen LogP contribution in [0.5, 0.6) is 0 Å². The molecule has 1 unspecified atom stereocenters. The van der Waals surface area contributed by atoms with Crippen LogP contribution in [0.25, 0.3) is 0 Å². The number of halogens is 1. The first-order valence-corrected chi connectivity index (χ1v) is 12.9. The van der Waals surface area contributed by atoms with Gasteiger partial charge in [-0.15, -0.1) is 0 Å². The molecule has 36 heavy (non-hydrogen) atoms. The fraction of sp³-hybridized carbons (Fsp3) is 0.333. The average Bonchev–Trinajstić information content (AvgIpc) is 3.31. The second kappa shape index (κ2) is 10.9. The monoisotopic (exact) mass is 503 g/mol.